The van der Waals surface area contributed by atoms with E-state index < -0.39 is 200 Å². The number of esters is 1. The van der Waals surface area contributed by atoms with Gasteiger partial charge in [0.25, 0.3) is 0 Å². The van der Waals surface area contributed by atoms with Crippen LogP contribution in [-0.4, -0.2) is 186 Å². The average molecular weight is 1180 g/mol. The lowest BCUT2D eigenvalue weighted by Crippen LogP contribution is -2.63. The van der Waals surface area contributed by atoms with Gasteiger partial charge in [0.1, 0.15) is 66.5 Å². The molecule has 1 aromatic carbocycles. The molecule has 2 rings (SSSR count). The molecule has 28 heteroatoms. The Morgan fingerprint density at radius 2 is 1.04 bits per heavy atom. The summed E-state index contributed by atoms with van der Waals surface area (Å²) in [5, 5.41) is 58.4. The highest BCUT2D eigenvalue weighted by Crippen LogP contribution is 2.17. The lowest BCUT2D eigenvalue weighted by atomic mass is 9.94. The summed E-state index contributed by atoms with van der Waals surface area (Å²) in [6, 6.07) is -6.77. The Labute approximate surface area is 484 Å². The third kappa shape index (κ3) is 22.1. The molecule has 1 aliphatic heterocycles. The van der Waals surface area contributed by atoms with E-state index >= 15 is 0 Å². The number of hydrogen-bond donors (Lipinski definition) is 15. The van der Waals surface area contributed by atoms with Gasteiger partial charge in [-0.15, -0.1) is 0 Å². The topological polar surface area (TPSA) is 433 Å². The van der Waals surface area contributed by atoms with Crippen LogP contribution in [-0.2, 0) is 68.7 Å². The van der Waals surface area contributed by atoms with E-state index in [9.17, 15) is 72.9 Å². The van der Waals surface area contributed by atoms with E-state index in [1.54, 1.807) is 62.4 Å². The fourth-order valence-electron chi connectivity index (χ4n) is 8.53. The quantitative estimate of drug-likeness (QED) is 0.0316. The summed E-state index contributed by atoms with van der Waals surface area (Å²) in [4.78, 5) is 163. The van der Waals surface area contributed by atoms with Gasteiger partial charge in [0.05, 0.1) is 25.9 Å². The zero-order valence-electron chi connectivity index (χ0n) is 49.4. The van der Waals surface area contributed by atoms with Gasteiger partial charge in [0.2, 0.25) is 65.0 Å². The van der Waals surface area contributed by atoms with Gasteiger partial charge in [0, 0.05) is 6.42 Å². The molecule has 16 atom stereocenters. The second-order valence-corrected chi connectivity index (χ2v) is 21.2. The van der Waals surface area contributed by atoms with Crippen molar-refractivity contribution in [3.05, 3.63) is 35.9 Å². The molecule has 1 saturated heterocycles. The van der Waals surface area contributed by atoms with Crippen molar-refractivity contribution in [3.63, 3.8) is 0 Å². The highest BCUT2D eigenvalue weighted by molar-refractivity contribution is 5.99. The van der Waals surface area contributed by atoms with Crippen LogP contribution in [0, 0.1) is 23.7 Å². The molecular weight excluding hydrogens is 1080 g/mol. The maximum atomic E-state index is 14.3. The molecule has 0 aliphatic carbocycles. The Hall–Kier alpha value is -7.30. The molecule has 0 bridgehead atoms. The van der Waals surface area contributed by atoms with Gasteiger partial charge in [-0.1, -0.05) is 111 Å². The van der Waals surface area contributed by atoms with Gasteiger partial charge < -0.3 is 84.3 Å². The van der Waals surface area contributed by atoms with Crippen LogP contribution in [0.2, 0.25) is 0 Å². The summed E-state index contributed by atoms with van der Waals surface area (Å²) >= 11 is 0. The van der Waals surface area contributed by atoms with Crippen molar-refractivity contribution in [1.29, 1.82) is 0 Å². The van der Waals surface area contributed by atoms with Crippen molar-refractivity contribution in [2.75, 3.05) is 26.9 Å². The number of carbonyl (C=O) groups excluding carboxylic acids is 12. The maximum absolute atomic E-state index is 14.3. The third-order valence-corrected chi connectivity index (χ3v) is 15.0. The third-order valence-electron chi connectivity index (χ3n) is 15.0. The van der Waals surface area contributed by atoms with Gasteiger partial charge in [-0.3, -0.25) is 52.7 Å². The Kier molecular flexibility index (Phi) is 30.8. The van der Waals surface area contributed by atoms with Crippen LogP contribution in [0.3, 0.4) is 0 Å². The first-order valence-electron chi connectivity index (χ1n) is 28.2. The molecule has 16 N–H and O–H groups in total. The lowest BCUT2D eigenvalue weighted by molar-refractivity contribution is -0.157. The van der Waals surface area contributed by atoms with Crippen molar-refractivity contribution in [1.82, 2.24) is 58.5 Å². The number of nitrogens with one attached hydrogen (secondary N) is 11. The number of aliphatic hydroxyl groups is 3. The molecule has 0 saturated carbocycles. The van der Waals surface area contributed by atoms with E-state index in [0.29, 0.717) is 19.3 Å². The summed E-state index contributed by atoms with van der Waals surface area (Å²) in [6.07, 6.45) is -0.783. The van der Waals surface area contributed by atoms with E-state index in [2.05, 4.69) is 58.5 Å². The van der Waals surface area contributed by atoms with Crippen LogP contribution >= 0.6 is 0 Å². The van der Waals surface area contributed by atoms with Crippen LogP contribution in [0.15, 0.2) is 30.3 Å². The second kappa shape index (κ2) is 35.6. The summed E-state index contributed by atoms with van der Waals surface area (Å²) < 4.78 is 5.60. The van der Waals surface area contributed by atoms with Crippen LogP contribution in [0.5, 0.6) is 0 Å². The minimum atomic E-state index is -1.83. The number of cyclic esters (lactones) is 1. The van der Waals surface area contributed by atoms with Gasteiger partial charge >= 0.3 is 5.97 Å². The largest absolute Gasteiger partial charge is 0.458 e. The minimum Gasteiger partial charge on any atom is -0.458 e. The van der Waals surface area contributed by atoms with Crippen molar-refractivity contribution in [3.8, 4) is 0 Å². The molecule has 1 fully saturated rings. The van der Waals surface area contributed by atoms with Gasteiger partial charge in [0.15, 0.2) is 0 Å². The molecule has 0 spiro atoms. The summed E-state index contributed by atoms with van der Waals surface area (Å²) in [5.74, 6) is -13.6. The normalized spacial score (nSPS) is 21.7. The number of nitrogens with two attached hydrogens (primary N) is 1. The zero-order chi connectivity index (χ0) is 62.8. The first kappa shape index (κ1) is 71.8. The van der Waals surface area contributed by atoms with E-state index in [1.165, 1.54) is 13.8 Å². The van der Waals surface area contributed by atoms with Crippen LogP contribution in [0.1, 0.15) is 113 Å². The Balaban J connectivity index is 2.39. The molecule has 1 aliphatic rings. The number of ether oxygens (including phenoxy) is 1. The summed E-state index contributed by atoms with van der Waals surface area (Å²) in [7, 11) is 1.59. The van der Waals surface area contributed by atoms with Crippen LogP contribution in [0.4, 0.5) is 0 Å². The monoisotopic (exact) mass is 1170 g/mol. The number of hydrogen-bond acceptors (Lipinski definition) is 17. The highest BCUT2D eigenvalue weighted by atomic mass is 16.5. The molecule has 0 aromatic heterocycles. The minimum absolute atomic E-state index is 0.252. The van der Waals surface area contributed by atoms with Crippen molar-refractivity contribution >= 4 is 70.9 Å². The SMILES string of the molecule is CC[C@@H](C)[C@@H](NC(=O)[C@@H](CCC(N)=O)NC(=O)[C@H](CO)NC(=O)[C@@H](NC(=O)[C@@H](Cc1ccccc1)NC)[C@@H](C)CC)C(=O)N[C@H](C(=O)N[C@@H](CO)C(=O)N[C@H]1C(=O)N[C@@H](C)C(=O)N[C@@H](CO)C(=O)N[C@@H]([C@@H](C)CC)C(=O)O[C@H]1C)[C@@H](C)CC. The van der Waals surface area contributed by atoms with Gasteiger partial charge in [-0.2, -0.15) is 0 Å². The molecule has 1 heterocycles. The smallest absolute Gasteiger partial charge is 0.329 e. The van der Waals surface area contributed by atoms with E-state index in [0.717, 1.165) is 5.56 Å². The van der Waals surface area contributed by atoms with Crippen molar-refractivity contribution < 1.29 is 77.6 Å². The van der Waals surface area contributed by atoms with Crippen LogP contribution in [0.25, 0.3) is 0 Å². The van der Waals surface area contributed by atoms with Gasteiger partial charge in [-0.05, 0) is 63.0 Å². The average Bonchev–Trinajstić information content (AvgIpc) is 3.48. The predicted molar refractivity (Wildman–Crippen MR) is 301 cm³/mol. The van der Waals surface area contributed by atoms with Crippen molar-refractivity contribution in [2.24, 2.45) is 29.4 Å². The summed E-state index contributed by atoms with van der Waals surface area (Å²) in [5.41, 5.74) is 6.29. The fraction of sp³-hybridized carbons (Fsp3) is 0.673. The number of aliphatic hydroxyl groups excluding tert-OH is 3. The Bertz CT molecular complexity index is 2380. The molecule has 83 heavy (non-hydrogen) atoms. The lowest BCUT2D eigenvalue weighted by Gasteiger charge is -2.31. The number of benzene rings is 1. The number of amides is 11. The molecular formula is C55H90N12O16. The highest BCUT2D eigenvalue weighted by Gasteiger charge is 2.41. The number of likely N-dealkylation sites (N-methyl/N-ethyl adjacent to an activating group) is 1. The van der Waals surface area contributed by atoms with Gasteiger partial charge in [-0.25, -0.2) is 4.79 Å². The first-order valence-corrected chi connectivity index (χ1v) is 28.2. The molecule has 1 aromatic rings. The van der Waals surface area contributed by atoms with Crippen LogP contribution < -0.4 is 64.2 Å². The fourth-order valence-corrected chi connectivity index (χ4v) is 8.53. The van der Waals surface area contributed by atoms with E-state index in [-0.39, 0.29) is 12.8 Å². The zero-order valence-corrected chi connectivity index (χ0v) is 49.4. The molecule has 28 nitrogen and oxygen atoms in total. The molecule has 11 amide bonds. The number of primary amides is 1. The molecule has 0 radical (unpaired) electrons. The standard InChI is InChI=1S/C55H90N12O16/c1-12-27(5)40(64-47(74)35(57-11)23-33-19-17-16-18-20-33)51(78)61-36(24-68)48(75)59-34(21-22-39(56)71)46(73)63-42(29(7)14-3)53(80)65-41(28(6)13-2)52(79)62-38(26-70)50(77)67-44-32(10)83-55(82)43(30(8)15-4)66-49(76)37(25-69)60-45(72)31(9)58-54(44)81/h16-20,27-32,34-38,40-44,57,68-70H,12-15,21-26H2,1-11H3,(H2,56,71)(H,58,81)(H,59,75)(H,60,72)(H,61,78)(H,62,79)(H,63,73)(H,64,74)(H,65,80)(H,66,76)(H,67,77)/t27-,28-,29+,30-,31-,32-,34+,35+,36-,37-,38-,40-,41-,42+,43-,44+/m0/s1. The molecule has 466 valence electrons. The number of rotatable bonds is 31. The first-order chi connectivity index (χ1) is 39.2. The second-order valence-electron chi connectivity index (χ2n) is 21.2. The number of carbonyl (C=O) groups is 12. The molecule has 0 unspecified atom stereocenters. The van der Waals surface area contributed by atoms with E-state index in [4.69, 9.17) is 10.5 Å². The Morgan fingerprint density at radius 3 is 1.49 bits per heavy atom. The predicted octanol–water partition coefficient (Wildman–Crippen LogP) is -3.94. The van der Waals surface area contributed by atoms with Crippen molar-refractivity contribution in [2.45, 2.75) is 187 Å². The maximum Gasteiger partial charge on any atom is 0.329 e. The van der Waals surface area contributed by atoms with E-state index in [1.807, 2.05) is 30.3 Å². The summed E-state index contributed by atoms with van der Waals surface area (Å²) in [6.45, 7) is 13.0. The Morgan fingerprint density at radius 1 is 0.578 bits per heavy atom.